The van der Waals surface area contributed by atoms with Gasteiger partial charge in [0, 0.05) is 25.1 Å². The fourth-order valence-electron chi connectivity index (χ4n) is 3.27. The van der Waals surface area contributed by atoms with Crippen molar-refractivity contribution >= 4 is 12.1 Å². The van der Waals surface area contributed by atoms with Crippen LogP contribution >= 0.6 is 0 Å². The third-order valence-electron chi connectivity index (χ3n) is 4.94. The molecular formula is C24H26N2O6. The molecule has 0 aliphatic rings. The van der Waals surface area contributed by atoms with Gasteiger partial charge in [-0.05, 0) is 47.5 Å². The Morgan fingerprint density at radius 1 is 0.844 bits per heavy atom. The lowest BCUT2D eigenvalue weighted by Gasteiger charge is -2.20. The van der Waals surface area contributed by atoms with Gasteiger partial charge in [0.25, 0.3) is 0 Å². The van der Waals surface area contributed by atoms with Crippen molar-refractivity contribution < 1.29 is 30.0 Å². The lowest BCUT2D eigenvalue weighted by Crippen LogP contribution is -2.34. The van der Waals surface area contributed by atoms with E-state index in [9.17, 15) is 25.2 Å². The van der Waals surface area contributed by atoms with Gasteiger partial charge in [-0.25, -0.2) is 0 Å². The van der Waals surface area contributed by atoms with Gasteiger partial charge in [0.15, 0.2) is 0 Å². The van der Waals surface area contributed by atoms with Crippen molar-refractivity contribution in [2.75, 3.05) is 25.0 Å². The monoisotopic (exact) mass is 438 g/mol. The molecule has 0 radical (unpaired) electrons. The van der Waals surface area contributed by atoms with Gasteiger partial charge < -0.3 is 35.8 Å². The van der Waals surface area contributed by atoms with Gasteiger partial charge in [-0.3, -0.25) is 4.79 Å². The van der Waals surface area contributed by atoms with Crippen LogP contribution in [-0.4, -0.2) is 52.6 Å². The van der Waals surface area contributed by atoms with Gasteiger partial charge in [-0.15, -0.1) is 0 Å². The minimum Gasteiger partial charge on any atom is -0.508 e. The van der Waals surface area contributed by atoms with Crippen LogP contribution < -0.4 is 15.4 Å². The van der Waals surface area contributed by atoms with E-state index < -0.39 is 6.10 Å². The number of aromatic hydroxyl groups is 3. The SMILES string of the molecule is O=CNc1cc(OC[C@@H](O)CNCC(c2ccc(O)cc2)c2ccc(O)cc2)ccc1O. The first-order valence-corrected chi connectivity index (χ1v) is 10.1. The maximum absolute atomic E-state index is 10.6. The summed E-state index contributed by atoms with van der Waals surface area (Å²) in [6.45, 7) is 0.796. The highest BCUT2D eigenvalue weighted by Gasteiger charge is 2.15. The molecule has 168 valence electrons. The van der Waals surface area contributed by atoms with Crippen molar-refractivity contribution in [2.45, 2.75) is 12.0 Å². The lowest BCUT2D eigenvalue weighted by atomic mass is 9.91. The molecule has 8 heteroatoms. The lowest BCUT2D eigenvalue weighted by molar-refractivity contribution is -0.105. The molecule has 3 aromatic carbocycles. The van der Waals surface area contributed by atoms with Crippen molar-refractivity contribution in [1.29, 1.82) is 0 Å². The summed E-state index contributed by atoms with van der Waals surface area (Å²) in [5.41, 5.74) is 2.17. The Kier molecular flexibility index (Phi) is 7.91. The summed E-state index contributed by atoms with van der Waals surface area (Å²) in [7, 11) is 0. The summed E-state index contributed by atoms with van der Waals surface area (Å²) >= 11 is 0. The number of benzene rings is 3. The van der Waals surface area contributed by atoms with Gasteiger partial charge in [0.2, 0.25) is 6.41 Å². The molecule has 1 amide bonds. The van der Waals surface area contributed by atoms with Crippen LogP contribution in [-0.2, 0) is 4.79 Å². The number of amides is 1. The van der Waals surface area contributed by atoms with E-state index in [1.54, 1.807) is 24.3 Å². The van der Waals surface area contributed by atoms with E-state index in [0.717, 1.165) is 11.1 Å². The standard InChI is InChI=1S/C24H26N2O6/c27-15-26-23-11-21(9-10-24(23)31)32-14-20(30)12-25-13-22(16-1-5-18(28)6-2-16)17-3-7-19(29)8-4-17/h1-11,15,20,22,25,28-31H,12-14H2,(H,26,27)/t20-/m0/s1. The first-order valence-electron chi connectivity index (χ1n) is 10.1. The second-order valence-electron chi connectivity index (χ2n) is 7.30. The smallest absolute Gasteiger partial charge is 0.211 e. The van der Waals surface area contributed by atoms with Crippen LogP contribution in [0.1, 0.15) is 17.0 Å². The van der Waals surface area contributed by atoms with E-state index in [-0.39, 0.29) is 42.0 Å². The molecule has 6 N–H and O–H groups in total. The van der Waals surface area contributed by atoms with Crippen molar-refractivity contribution in [3.63, 3.8) is 0 Å². The quantitative estimate of drug-likeness (QED) is 0.200. The molecule has 0 aliphatic heterocycles. The molecule has 0 aliphatic carbocycles. The zero-order valence-corrected chi connectivity index (χ0v) is 17.3. The van der Waals surface area contributed by atoms with E-state index in [4.69, 9.17) is 4.74 Å². The van der Waals surface area contributed by atoms with E-state index >= 15 is 0 Å². The summed E-state index contributed by atoms with van der Waals surface area (Å²) in [4.78, 5) is 10.6. The number of ether oxygens (including phenoxy) is 1. The maximum atomic E-state index is 10.6. The predicted octanol–water partition coefficient (Wildman–Crippen LogP) is 2.53. The molecule has 0 saturated heterocycles. The molecule has 0 bridgehead atoms. The number of rotatable bonds is 11. The predicted molar refractivity (Wildman–Crippen MR) is 120 cm³/mol. The van der Waals surface area contributed by atoms with Gasteiger partial charge >= 0.3 is 0 Å². The average molecular weight is 438 g/mol. The van der Waals surface area contributed by atoms with E-state index in [1.807, 2.05) is 24.3 Å². The molecule has 8 nitrogen and oxygen atoms in total. The normalized spacial score (nSPS) is 11.8. The Balaban J connectivity index is 1.57. The Labute approximate surface area is 185 Å². The largest absolute Gasteiger partial charge is 0.508 e. The second kappa shape index (κ2) is 11.0. The molecule has 32 heavy (non-hydrogen) atoms. The third kappa shape index (κ3) is 6.37. The summed E-state index contributed by atoms with van der Waals surface area (Å²) in [5.74, 6) is 0.621. The van der Waals surface area contributed by atoms with E-state index in [1.165, 1.54) is 18.2 Å². The number of carbonyl (C=O) groups excluding carboxylic acids is 1. The van der Waals surface area contributed by atoms with Gasteiger partial charge in [-0.1, -0.05) is 24.3 Å². The Hall–Kier alpha value is -3.75. The third-order valence-corrected chi connectivity index (χ3v) is 4.94. The van der Waals surface area contributed by atoms with Crippen LogP contribution in [0.15, 0.2) is 66.7 Å². The van der Waals surface area contributed by atoms with Crippen LogP contribution in [0.3, 0.4) is 0 Å². The Bertz CT molecular complexity index is 963. The van der Waals surface area contributed by atoms with Crippen LogP contribution in [0.25, 0.3) is 0 Å². The van der Waals surface area contributed by atoms with Crippen molar-refractivity contribution in [3.05, 3.63) is 77.9 Å². The molecule has 0 fully saturated rings. The van der Waals surface area contributed by atoms with Crippen molar-refractivity contribution in [2.24, 2.45) is 0 Å². The molecule has 0 aromatic heterocycles. The first kappa shape index (κ1) is 22.9. The first-order chi connectivity index (χ1) is 15.5. The number of nitrogens with one attached hydrogen (secondary N) is 2. The highest BCUT2D eigenvalue weighted by Crippen LogP contribution is 2.28. The van der Waals surface area contributed by atoms with Crippen LogP contribution in [0, 0.1) is 0 Å². The zero-order valence-electron chi connectivity index (χ0n) is 17.3. The number of hydrogen-bond donors (Lipinski definition) is 6. The fraction of sp³-hybridized carbons (Fsp3) is 0.208. The number of aliphatic hydroxyl groups excluding tert-OH is 1. The summed E-state index contributed by atoms with van der Waals surface area (Å²) in [5, 5.41) is 44.7. The number of phenolic OH excluding ortho intramolecular Hbond substituents is 3. The molecule has 0 spiro atoms. The Morgan fingerprint density at radius 3 is 2.00 bits per heavy atom. The van der Waals surface area contributed by atoms with Crippen LogP contribution in [0.2, 0.25) is 0 Å². The van der Waals surface area contributed by atoms with Crippen LogP contribution in [0.5, 0.6) is 23.0 Å². The minimum atomic E-state index is -0.799. The topological polar surface area (TPSA) is 131 Å². The highest BCUT2D eigenvalue weighted by molar-refractivity contribution is 5.76. The summed E-state index contributed by atoms with van der Waals surface area (Å²) in [6, 6.07) is 18.2. The van der Waals surface area contributed by atoms with Gasteiger partial charge in [-0.2, -0.15) is 0 Å². The second-order valence-corrected chi connectivity index (χ2v) is 7.30. The molecule has 0 saturated carbocycles. The number of carbonyl (C=O) groups is 1. The minimum absolute atomic E-state index is 0.0153. The molecule has 3 aromatic rings. The molecular weight excluding hydrogens is 412 g/mol. The molecule has 0 heterocycles. The maximum Gasteiger partial charge on any atom is 0.211 e. The fourth-order valence-corrected chi connectivity index (χ4v) is 3.27. The van der Waals surface area contributed by atoms with Crippen LogP contribution in [0.4, 0.5) is 5.69 Å². The number of phenols is 3. The molecule has 3 rings (SSSR count). The molecule has 1 atom stereocenters. The van der Waals surface area contributed by atoms with Gasteiger partial charge in [0.1, 0.15) is 35.7 Å². The van der Waals surface area contributed by atoms with Crippen molar-refractivity contribution in [3.8, 4) is 23.0 Å². The summed E-state index contributed by atoms with van der Waals surface area (Å²) < 4.78 is 5.55. The number of aliphatic hydroxyl groups is 1. The molecule has 0 unspecified atom stereocenters. The van der Waals surface area contributed by atoms with E-state index in [0.29, 0.717) is 18.7 Å². The van der Waals surface area contributed by atoms with Crippen molar-refractivity contribution in [1.82, 2.24) is 5.32 Å². The highest BCUT2D eigenvalue weighted by atomic mass is 16.5. The number of hydrogen-bond acceptors (Lipinski definition) is 7. The zero-order chi connectivity index (χ0) is 22.9. The van der Waals surface area contributed by atoms with Gasteiger partial charge in [0.05, 0.1) is 5.69 Å². The van der Waals surface area contributed by atoms with E-state index in [2.05, 4.69) is 10.6 Å². The Morgan fingerprint density at radius 2 is 1.44 bits per heavy atom. The average Bonchev–Trinajstić information content (AvgIpc) is 2.79. The number of anilines is 1. The summed E-state index contributed by atoms with van der Waals surface area (Å²) in [6.07, 6.45) is -0.345.